The molecule has 3 rings (SSSR count). The summed E-state index contributed by atoms with van der Waals surface area (Å²) in [4.78, 5) is 49.7. The topological polar surface area (TPSA) is 164 Å². The van der Waals surface area contributed by atoms with Crippen LogP contribution in [0.15, 0.2) is 36.4 Å². The van der Waals surface area contributed by atoms with Crippen LogP contribution in [0.4, 0.5) is 17.3 Å². The minimum Gasteiger partial charge on any atom is -0.493 e. The molecule has 0 saturated carbocycles. The summed E-state index contributed by atoms with van der Waals surface area (Å²) in [6.45, 7) is 6.40. The molecule has 3 amide bonds. The minimum absolute atomic E-state index is 0.0626. The first-order valence-corrected chi connectivity index (χ1v) is 15.0. The molecule has 0 spiro atoms. The van der Waals surface area contributed by atoms with E-state index in [0.29, 0.717) is 68.7 Å². The Morgan fingerprint density at radius 3 is 2.59 bits per heavy atom. The van der Waals surface area contributed by atoms with E-state index in [-0.39, 0.29) is 29.4 Å². The van der Waals surface area contributed by atoms with E-state index < -0.39 is 11.9 Å². The molecule has 0 bridgehead atoms. The van der Waals surface area contributed by atoms with Gasteiger partial charge in [0.25, 0.3) is 5.91 Å². The molecule has 1 aliphatic rings. The number of benzene rings is 1. The zero-order chi connectivity index (χ0) is 32.1. The van der Waals surface area contributed by atoms with E-state index >= 15 is 0 Å². The molecule has 0 radical (unpaired) electrons. The first kappa shape index (κ1) is 34.3. The Balaban J connectivity index is 1.54. The van der Waals surface area contributed by atoms with E-state index in [2.05, 4.69) is 20.9 Å². The molecule has 0 aliphatic carbocycles. The van der Waals surface area contributed by atoms with Crippen molar-refractivity contribution in [2.45, 2.75) is 51.6 Å². The van der Waals surface area contributed by atoms with E-state index in [1.54, 1.807) is 26.1 Å². The second kappa shape index (κ2) is 17.2. The normalized spacial score (nSPS) is 14.3. The summed E-state index contributed by atoms with van der Waals surface area (Å²) < 4.78 is 11.4. The van der Waals surface area contributed by atoms with Crippen molar-refractivity contribution in [3.05, 3.63) is 47.8 Å². The third-order valence-corrected chi connectivity index (χ3v) is 7.12. The van der Waals surface area contributed by atoms with Gasteiger partial charge in [0.05, 0.1) is 12.3 Å². The van der Waals surface area contributed by atoms with Crippen LogP contribution in [0.25, 0.3) is 0 Å². The van der Waals surface area contributed by atoms with Crippen molar-refractivity contribution in [3.8, 4) is 5.75 Å². The van der Waals surface area contributed by atoms with Gasteiger partial charge in [-0.1, -0.05) is 19.1 Å². The van der Waals surface area contributed by atoms with Crippen LogP contribution in [-0.2, 0) is 20.7 Å². The number of hydrogen-bond acceptors (Lipinski definition) is 10. The van der Waals surface area contributed by atoms with Crippen molar-refractivity contribution in [2.75, 3.05) is 64.7 Å². The SMILES string of the molecule is CCc1nc(C(N)=O)c(Nc2cccc(OCCCNC(=O)[C@H](C)N(C)C(=O)/C=C/CN(C)C)c2)nc1NC1CCOCC1. The number of likely N-dealkylation sites (N-methyl/N-ethyl adjacent to an activating group) is 2. The highest BCUT2D eigenvalue weighted by Crippen LogP contribution is 2.26. The van der Waals surface area contributed by atoms with Crippen LogP contribution in [0.3, 0.4) is 0 Å². The molecule has 0 unspecified atom stereocenters. The quantitative estimate of drug-likeness (QED) is 0.164. The smallest absolute Gasteiger partial charge is 0.271 e. The number of anilines is 3. The third kappa shape index (κ3) is 10.5. The molecule has 13 heteroatoms. The van der Waals surface area contributed by atoms with Crippen LogP contribution in [0.1, 0.15) is 49.3 Å². The lowest BCUT2D eigenvalue weighted by Crippen LogP contribution is -2.45. The van der Waals surface area contributed by atoms with Crippen molar-refractivity contribution >= 4 is 35.0 Å². The van der Waals surface area contributed by atoms with Gasteiger partial charge in [-0.2, -0.15) is 0 Å². The van der Waals surface area contributed by atoms with Gasteiger partial charge in [0.15, 0.2) is 17.3 Å². The molecule has 1 aromatic carbocycles. The molecular weight excluding hydrogens is 564 g/mol. The number of nitrogens with zero attached hydrogens (tertiary/aromatic N) is 4. The third-order valence-electron chi connectivity index (χ3n) is 7.12. The largest absolute Gasteiger partial charge is 0.493 e. The van der Waals surface area contributed by atoms with Crippen molar-refractivity contribution in [3.63, 3.8) is 0 Å². The van der Waals surface area contributed by atoms with E-state index in [0.717, 1.165) is 12.8 Å². The molecule has 240 valence electrons. The number of primary amides is 1. The molecule has 13 nitrogen and oxygen atoms in total. The lowest BCUT2D eigenvalue weighted by molar-refractivity contribution is -0.135. The molecule has 44 heavy (non-hydrogen) atoms. The van der Waals surface area contributed by atoms with Gasteiger partial charge < -0.3 is 41.0 Å². The van der Waals surface area contributed by atoms with E-state index in [1.165, 1.54) is 11.0 Å². The van der Waals surface area contributed by atoms with Crippen LogP contribution < -0.4 is 26.4 Å². The average Bonchev–Trinajstić information content (AvgIpc) is 3.00. The van der Waals surface area contributed by atoms with Crippen LogP contribution >= 0.6 is 0 Å². The molecule has 1 atom stereocenters. The highest BCUT2D eigenvalue weighted by molar-refractivity contribution is 5.96. The van der Waals surface area contributed by atoms with E-state index in [1.807, 2.05) is 44.1 Å². The Morgan fingerprint density at radius 1 is 1.16 bits per heavy atom. The van der Waals surface area contributed by atoms with Crippen LogP contribution in [0, 0.1) is 0 Å². The fourth-order valence-electron chi connectivity index (χ4n) is 4.40. The summed E-state index contributed by atoms with van der Waals surface area (Å²) in [5.41, 5.74) is 7.04. The number of aryl methyl sites for hydroxylation is 1. The molecule has 1 aromatic heterocycles. The number of amides is 3. The summed E-state index contributed by atoms with van der Waals surface area (Å²) in [5, 5.41) is 9.49. The van der Waals surface area contributed by atoms with E-state index in [9.17, 15) is 14.4 Å². The Bertz CT molecular complexity index is 1300. The summed E-state index contributed by atoms with van der Waals surface area (Å²) in [6.07, 6.45) is 6.11. The van der Waals surface area contributed by atoms with Gasteiger partial charge >= 0.3 is 0 Å². The number of carbonyl (C=O) groups is 3. The molecule has 2 aromatic rings. The van der Waals surface area contributed by atoms with Gasteiger partial charge in [-0.3, -0.25) is 14.4 Å². The number of rotatable bonds is 16. The first-order chi connectivity index (χ1) is 21.1. The number of nitrogens with one attached hydrogen (secondary N) is 3. The summed E-state index contributed by atoms with van der Waals surface area (Å²) >= 11 is 0. The maximum absolute atomic E-state index is 12.5. The second-order valence-electron chi connectivity index (χ2n) is 10.9. The summed E-state index contributed by atoms with van der Waals surface area (Å²) in [7, 11) is 5.43. The van der Waals surface area contributed by atoms with Crippen LogP contribution in [0.5, 0.6) is 5.75 Å². The minimum atomic E-state index is -0.674. The molecule has 5 N–H and O–H groups in total. The molecule has 1 aliphatic heterocycles. The maximum Gasteiger partial charge on any atom is 0.271 e. The Kier molecular flexibility index (Phi) is 13.4. The zero-order valence-corrected chi connectivity index (χ0v) is 26.4. The highest BCUT2D eigenvalue weighted by Gasteiger charge is 2.22. The van der Waals surface area contributed by atoms with Gasteiger partial charge in [-0.15, -0.1) is 0 Å². The van der Waals surface area contributed by atoms with Crippen molar-refractivity contribution in [1.29, 1.82) is 0 Å². The average molecular weight is 611 g/mol. The number of carbonyl (C=O) groups excluding carboxylic acids is 3. The molecule has 2 heterocycles. The van der Waals surface area contributed by atoms with Crippen molar-refractivity contribution in [1.82, 2.24) is 25.1 Å². The van der Waals surface area contributed by atoms with Gasteiger partial charge in [-0.05, 0) is 58.8 Å². The van der Waals surface area contributed by atoms with Crippen molar-refractivity contribution < 1.29 is 23.9 Å². The molecular formula is C31H46N8O5. The van der Waals surface area contributed by atoms with Crippen LogP contribution in [0.2, 0.25) is 0 Å². The predicted molar refractivity (Wildman–Crippen MR) is 170 cm³/mol. The molecule has 1 saturated heterocycles. The number of ether oxygens (including phenoxy) is 2. The van der Waals surface area contributed by atoms with Gasteiger partial charge in [0, 0.05) is 57.2 Å². The summed E-state index contributed by atoms with van der Waals surface area (Å²) in [5.74, 6) is 0.339. The van der Waals surface area contributed by atoms with E-state index in [4.69, 9.17) is 20.2 Å². The zero-order valence-electron chi connectivity index (χ0n) is 26.4. The lowest BCUT2D eigenvalue weighted by Gasteiger charge is -2.25. The summed E-state index contributed by atoms with van der Waals surface area (Å²) in [6, 6.07) is 6.85. The molecule has 1 fully saturated rings. The van der Waals surface area contributed by atoms with Gasteiger partial charge in [-0.25, -0.2) is 9.97 Å². The Morgan fingerprint density at radius 2 is 1.91 bits per heavy atom. The maximum atomic E-state index is 12.5. The van der Waals surface area contributed by atoms with Gasteiger partial charge in [0.1, 0.15) is 11.8 Å². The standard InChI is InChI=1S/C31H46N8O5/c1-6-25-29(34-22-13-18-43-19-14-22)37-30(27(36-25)28(32)41)35-23-10-7-11-24(20-23)44-17-9-15-33-31(42)21(2)39(5)26(40)12-8-16-38(3)4/h7-8,10-12,20-22H,6,9,13-19H2,1-5H3,(H2,32,41)(H,33,42)(H2,34,35,37)/b12-8+/t21-/m0/s1. The van der Waals surface area contributed by atoms with Gasteiger partial charge in [0.2, 0.25) is 11.8 Å². The second-order valence-corrected chi connectivity index (χ2v) is 10.9. The number of aromatic nitrogens is 2. The Hall–Kier alpha value is -4.23. The highest BCUT2D eigenvalue weighted by atomic mass is 16.5. The fourth-order valence-corrected chi connectivity index (χ4v) is 4.40. The predicted octanol–water partition coefficient (Wildman–Crippen LogP) is 2.32. The lowest BCUT2D eigenvalue weighted by atomic mass is 10.1. The fraction of sp³-hybridized carbons (Fsp3) is 0.516. The number of nitrogens with two attached hydrogens (primary N) is 1. The first-order valence-electron chi connectivity index (χ1n) is 15.0. The number of hydrogen-bond donors (Lipinski definition) is 4. The van der Waals surface area contributed by atoms with Crippen molar-refractivity contribution in [2.24, 2.45) is 5.73 Å². The monoisotopic (exact) mass is 610 g/mol. The van der Waals surface area contributed by atoms with Crippen LogP contribution in [-0.4, -0.2) is 104 Å². The Labute approximate surface area is 259 Å².